The predicted molar refractivity (Wildman–Crippen MR) is 107 cm³/mol. The Morgan fingerprint density at radius 2 is 1.70 bits per heavy atom. The summed E-state index contributed by atoms with van der Waals surface area (Å²) in [6, 6.07) is 12.4. The van der Waals surface area contributed by atoms with Gasteiger partial charge in [0.25, 0.3) is 15.6 Å². The van der Waals surface area contributed by atoms with E-state index >= 15 is 0 Å². The van der Waals surface area contributed by atoms with Gasteiger partial charge in [-0.25, -0.2) is 13.4 Å². The second kappa shape index (κ2) is 6.84. The van der Waals surface area contributed by atoms with E-state index in [1.54, 1.807) is 12.1 Å². The fourth-order valence-electron chi connectivity index (χ4n) is 3.18. The third-order valence-electron chi connectivity index (χ3n) is 4.70. The molecule has 0 aliphatic rings. The molecule has 2 aromatic heterocycles. The highest BCUT2D eigenvalue weighted by atomic mass is 32.2. The van der Waals surface area contributed by atoms with Crippen LogP contribution in [0.2, 0.25) is 0 Å². The molecule has 0 radical (unpaired) electrons. The molecular formula is C20H14F3N3O3S. The molecule has 4 aromatic rings. The van der Waals surface area contributed by atoms with Crippen molar-refractivity contribution in [2.24, 2.45) is 7.05 Å². The molecule has 0 amide bonds. The molecule has 6 nitrogen and oxygen atoms in total. The van der Waals surface area contributed by atoms with Crippen LogP contribution in [-0.4, -0.2) is 18.0 Å². The van der Waals surface area contributed by atoms with Crippen molar-refractivity contribution in [3.8, 4) is 0 Å². The van der Waals surface area contributed by atoms with Gasteiger partial charge < -0.3 is 4.57 Å². The van der Waals surface area contributed by atoms with Gasteiger partial charge in [-0.1, -0.05) is 24.3 Å². The quantitative estimate of drug-likeness (QED) is 0.531. The Balaban J connectivity index is 1.83. The molecule has 0 spiro atoms. The number of anilines is 1. The van der Waals surface area contributed by atoms with Gasteiger partial charge >= 0.3 is 6.18 Å². The van der Waals surface area contributed by atoms with Gasteiger partial charge in [0.05, 0.1) is 16.0 Å². The Labute approximate surface area is 168 Å². The molecular weight excluding hydrogens is 419 g/mol. The van der Waals surface area contributed by atoms with Crippen molar-refractivity contribution in [3.63, 3.8) is 0 Å². The van der Waals surface area contributed by atoms with E-state index in [9.17, 15) is 26.4 Å². The molecule has 4 rings (SSSR count). The number of aryl methyl sites for hydroxylation is 1. The van der Waals surface area contributed by atoms with Crippen molar-refractivity contribution >= 4 is 37.5 Å². The molecule has 0 fully saturated rings. The maximum atomic E-state index is 13.4. The number of nitrogens with one attached hydrogen (secondary N) is 1. The van der Waals surface area contributed by atoms with Crippen LogP contribution in [0.15, 0.2) is 70.5 Å². The number of pyridine rings is 2. The summed E-state index contributed by atoms with van der Waals surface area (Å²) in [6.45, 7) is 0. The average Bonchev–Trinajstić information content (AvgIpc) is 2.69. The predicted octanol–water partition coefficient (Wildman–Crippen LogP) is 3.91. The minimum Gasteiger partial charge on any atom is -0.311 e. The molecule has 10 heteroatoms. The van der Waals surface area contributed by atoms with Gasteiger partial charge in [0.1, 0.15) is 5.82 Å². The van der Waals surface area contributed by atoms with Crippen molar-refractivity contribution in [1.82, 2.24) is 9.55 Å². The van der Waals surface area contributed by atoms with E-state index in [-0.39, 0.29) is 21.6 Å². The Morgan fingerprint density at radius 1 is 1.00 bits per heavy atom. The number of hydrogen-bond donors (Lipinski definition) is 1. The Kier molecular flexibility index (Phi) is 4.53. The van der Waals surface area contributed by atoms with Crippen molar-refractivity contribution in [2.45, 2.75) is 11.1 Å². The lowest BCUT2D eigenvalue weighted by molar-refractivity contribution is -0.136. The highest BCUT2D eigenvalue weighted by Gasteiger charge is 2.34. The van der Waals surface area contributed by atoms with Gasteiger partial charge in [-0.2, -0.15) is 13.2 Å². The van der Waals surface area contributed by atoms with Gasteiger partial charge in [-0.15, -0.1) is 0 Å². The minimum atomic E-state index is -4.82. The van der Waals surface area contributed by atoms with Crippen LogP contribution in [0.25, 0.3) is 21.7 Å². The number of halogens is 3. The van der Waals surface area contributed by atoms with Gasteiger partial charge in [-0.05, 0) is 29.7 Å². The number of rotatable bonds is 3. The molecule has 0 atom stereocenters. The number of alkyl halides is 3. The maximum absolute atomic E-state index is 13.4. The maximum Gasteiger partial charge on any atom is 0.417 e. The topological polar surface area (TPSA) is 81.1 Å². The SMILES string of the molecule is Cn1c(=O)cc(C(F)(F)F)c2cc(S(=O)(=O)Nc3cc4ccccc4cn3)ccc21. The molecule has 0 aliphatic carbocycles. The lowest BCUT2D eigenvalue weighted by Crippen LogP contribution is -2.21. The number of benzene rings is 2. The van der Waals surface area contributed by atoms with Crippen molar-refractivity contribution in [3.05, 3.63) is 76.7 Å². The van der Waals surface area contributed by atoms with Crippen LogP contribution in [0.1, 0.15) is 5.56 Å². The van der Waals surface area contributed by atoms with E-state index in [1.165, 1.54) is 25.4 Å². The highest BCUT2D eigenvalue weighted by molar-refractivity contribution is 7.92. The van der Waals surface area contributed by atoms with E-state index in [4.69, 9.17) is 0 Å². The number of nitrogens with zero attached hydrogens (tertiary/aromatic N) is 2. The monoisotopic (exact) mass is 433 g/mol. The summed E-state index contributed by atoms with van der Waals surface area (Å²) < 4.78 is 69.2. The average molecular weight is 433 g/mol. The van der Waals surface area contributed by atoms with E-state index in [0.29, 0.717) is 6.07 Å². The van der Waals surface area contributed by atoms with Gasteiger partial charge in [0.15, 0.2) is 0 Å². The third kappa shape index (κ3) is 3.50. The van der Waals surface area contributed by atoms with Gasteiger partial charge in [0, 0.05) is 30.1 Å². The molecule has 0 unspecified atom stereocenters. The first-order valence-electron chi connectivity index (χ1n) is 8.65. The first kappa shape index (κ1) is 19.9. The lowest BCUT2D eigenvalue weighted by Gasteiger charge is -2.14. The lowest BCUT2D eigenvalue weighted by atomic mass is 10.1. The summed E-state index contributed by atoms with van der Waals surface area (Å²) in [5.41, 5.74) is -2.07. The van der Waals surface area contributed by atoms with Gasteiger partial charge in [-0.3, -0.25) is 9.52 Å². The van der Waals surface area contributed by atoms with Crippen LogP contribution < -0.4 is 10.3 Å². The summed E-state index contributed by atoms with van der Waals surface area (Å²) in [4.78, 5) is 15.5. The fourth-order valence-corrected chi connectivity index (χ4v) is 4.20. The van der Waals surface area contributed by atoms with Crippen LogP contribution in [0.4, 0.5) is 19.0 Å². The first-order valence-corrected chi connectivity index (χ1v) is 10.1. The summed E-state index contributed by atoms with van der Waals surface area (Å²) in [5.74, 6) is 0.0327. The Hall–Kier alpha value is -3.40. The molecule has 0 bridgehead atoms. The summed E-state index contributed by atoms with van der Waals surface area (Å²) in [5, 5.41) is 1.17. The molecule has 2 heterocycles. The molecule has 30 heavy (non-hydrogen) atoms. The number of aromatic nitrogens is 2. The van der Waals surface area contributed by atoms with Crippen LogP contribution in [0.3, 0.4) is 0 Å². The van der Waals surface area contributed by atoms with E-state index < -0.39 is 27.3 Å². The van der Waals surface area contributed by atoms with Crippen LogP contribution >= 0.6 is 0 Å². The first-order chi connectivity index (χ1) is 14.1. The minimum absolute atomic E-state index is 0.0300. The normalized spacial score (nSPS) is 12.4. The number of hydrogen-bond acceptors (Lipinski definition) is 4. The molecule has 154 valence electrons. The van der Waals surface area contributed by atoms with Crippen molar-refractivity contribution < 1.29 is 21.6 Å². The fraction of sp³-hybridized carbons (Fsp3) is 0.100. The standard InChI is InChI=1S/C20H14F3N3O3S/c1-26-17-7-6-14(9-15(17)16(10-19(26)27)20(21,22)23)30(28,29)25-18-8-12-4-2-3-5-13(12)11-24-18/h2-11H,1H3,(H,24,25). The molecule has 0 saturated carbocycles. The third-order valence-corrected chi connectivity index (χ3v) is 6.06. The molecule has 2 aromatic carbocycles. The molecule has 1 N–H and O–H groups in total. The molecule has 0 saturated heterocycles. The zero-order valence-electron chi connectivity index (χ0n) is 15.4. The smallest absolute Gasteiger partial charge is 0.311 e. The summed E-state index contributed by atoms with van der Waals surface area (Å²) >= 11 is 0. The number of sulfonamides is 1. The largest absolute Gasteiger partial charge is 0.417 e. The number of fused-ring (bicyclic) bond motifs is 2. The Morgan fingerprint density at radius 3 is 2.40 bits per heavy atom. The highest BCUT2D eigenvalue weighted by Crippen LogP contribution is 2.34. The van der Waals surface area contributed by atoms with Crippen molar-refractivity contribution in [1.29, 1.82) is 0 Å². The second-order valence-electron chi connectivity index (χ2n) is 6.65. The second-order valence-corrected chi connectivity index (χ2v) is 8.34. The van der Waals surface area contributed by atoms with Crippen LogP contribution in [0.5, 0.6) is 0 Å². The zero-order chi connectivity index (χ0) is 21.7. The summed E-state index contributed by atoms with van der Waals surface area (Å²) in [6.07, 6.45) is -3.33. The van der Waals surface area contributed by atoms with Crippen molar-refractivity contribution in [2.75, 3.05) is 4.72 Å². The summed E-state index contributed by atoms with van der Waals surface area (Å²) in [7, 11) is -2.91. The van der Waals surface area contributed by atoms with E-state index in [2.05, 4.69) is 9.71 Å². The molecule has 0 aliphatic heterocycles. The zero-order valence-corrected chi connectivity index (χ0v) is 16.3. The van der Waals surface area contributed by atoms with Crippen LogP contribution in [0, 0.1) is 0 Å². The van der Waals surface area contributed by atoms with E-state index in [0.717, 1.165) is 27.5 Å². The Bertz CT molecular complexity index is 1460. The van der Waals surface area contributed by atoms with Gasteiger partial charge in [0.2, 0.25) is 0 Å². The van der Waals surface area contributed by atoms with E-state index in [1.807, 2.05) is 12.1 Å². The van der Waals surface area contributed by atoms with Crippen LogP contribution in [-0.2, 0) is 23.2 Å².